The molecule has 8 heteroatoms. The molecule has 0 spiro atoms. The predicted molar refractivity (Wildman–Crippen MR) is 77.9 cm³/mol. The highest BCUT2D eigenvalue weighted by atomic mass is 79.9. The normalized spacial score (nSPS) is 9.95. The van der Waals surface area contributed by atoms with Gasteiger partial charge in [0.2, 0.25) is 5.91 Å². The van der Waals surface area contributed by atoms with E-state index in [-0.39, 0.29) is 31.5 Å². The Morgan fingerprint density at radius 2 is 2.00 bits per heavy atom. The minimum atomic E-state index is -1.07. The molecule has 0 fully saturated rings. The van der Waals surface area contributed by atoms with Gasteiger partial charge in [-0.2, -0.15) is 0 Å². The van der Waals surface area contributed by atoms with E-state index >= 15 is 0 Å². The molecule has 7 nitrogen and oxygen atoms in total. The number of aliphatic carboxylic acids is 1. The summed E-state index contributed by atoms with van der Waals surface area (Å²) in [6.45, 7) is -0.295. The van der Waals surface area contributed by atoms with Crippen LogP contribution in [0.4, 0.5) is 0 Å². The highest BCUT2D eigenvalue weighted by molar-refractivity contribution is 9.10. The van der Waals surface area contributed by atoms with Gasteiger partial charge >= 0.3 is 5.97 Å². The largest absolute Gasteiger partial charge is 0.480 e. The fraction of sp³-hybridized carbons (Fsp3) is 0.308. The van der Waals surface area contributed by atoms with E-state index in [2.05, 4.69) is 26.6 Å². The molecule has 0 saturated heterocycles. The van der Waals surface area contributed by atoms with E-state index in [9.17, 15) is 14.4 Å². The van der Waals surface area contributed by atoms with Crippen molar-refractivity contribution < 1.29 is 24.2 Å². The Bertz CT molecular complexity index is 521. The van der Waals surface area contributed by atoms with E-state index in [0.29, 0.717) is 5.56 Å². The smallest absolute Gasteiger partial charge is 0.329 e. The summed E-state index contributed by atoms with van der Waals surface area (Å²) in [6.07, 6.45) is 0. The molecule has 0 bridgehead atoms. The lowest BCUT2D eigenvalue weighted by atomic mass is 10.2. The van der Waals surface area contributed by atoms with Crippen LogP contribution in [0.5, 0.6) is 0 Å². The average molecular weight is 359 g/mol. The number of halogens is 1. The monoisotopic (exact) mass is 358 g/mol. The molecular weight excluding hydrogens is 344 g/mol. The van der Waals surface area contributed by atoms with E-state index in [4.69, 9.17) is 9.84 Å². The van der Waals surface area contributed by atoms with Crippen LogP contribution in [0.25, 0.3) is 0 Å². The molecule has 0 heterocycles. The molecule has 3 N–H and O–H groups in total. The molecule has 0 aliphatic rings. The molecule has 0 unspecified atom stereocenters. The summed E-state index contributed by atoms with van der Waals surface area (Å²) in [6, 6.07) is 6.80. The van der Waals surface area contributed by atoms with Gasteiger partial charge in [0.1, 0.15) is 6.61 Å². The lowest BCUT2D eigenvalue weighted by Crippen LogP contribution is -2.38. The van der Waals surface area contributed by atoms with Crippen LogP contribution in [0.3, 0.4) is 0 Å². The summed E-state index contributed by atoms with van der Waals surface area (Å²) in [5.41, 5.74) is 0.446. The molecule has 0 aliphatic heterocycles. The number of ether oxygens (including phenoxy) is 1. The van der Waals surface area contributed by atoms with Gasteiger partial charge in [-0.25, -0.2) is 4.79 Å². The van der Waals surface area contributed by atoms with Gasteiger partial charge in [0, 0.05) is 16.6 Å². The van der Waals surface area contributed by atoms with E-state index in [1.807, 2.05) is 0 Å². The average Bonchev–Trinajstić information content (AvgIpc) is 2.44. The van der Waals surface area contributed by atoms with Crippen molar-refractivity contribution >= 4 is 33.7 Å². The SMILES string of the molecule is O=C(O)COCCNC(=O)CNC(=O)c1cccc(Br)c1. The quantitative estimate of drug-likeness (QED) is 0.583. The maximum Gasteiger partial charge on any atom is 0.329 e. The van der Waals surface area contributed by atoms with Crippen LogP contribution in [0.2, 0.25) is 0 Å². The van der Waals surface area contributed by atoms with Gasteiger partial charge in [0.05, 0.1) is 13.2 Å². The van der Waals surface area contributed by atoms with Crippen molar-refractivity contribution in [3.05, 3.63) is 34.3 Å². The van der Waals surface area contributed by atoms with Gasteiger partial charge in [0.15, 0.2) is 0 Å². The van der Waals surface area contributed by atoms with Crippen molar-refractivity contribution in [3.8, 4) is 0 Å². The molecule has 1 aromatic carbocycles. The third kappa shape index (κ3) is 7.42. The maximum atomic E-state index is 11.8. The lowest BCUT2D eigenvalue weighted by Gasteiger charge is -2.07. The van der Waals surface area contributed by atoms with E-state index in [1.165, 1.54) is 0 Å². The molecule has 1 aromatic rings. The van der Waals surface area contributed by atoms with Gasteiger partial charge in [-0.1, -0.05) is 22.0 Å². The number of amides is 2. The van der Waals surface area contributed by atoms with Gasteiger partial charge < -0.3 is 20.5 Å². The van der Waals surface area contributed by atoms with E-state index in [0.717, 1.165) is 4.47 Å². The second-order valence-corrected chi connectivity index (χ2v) is 4.90. The van der Waals surface area contributed by atoms with Gasteiger partial charge in [-0.3, -0.25) is 9.59 Å². The van der Waals surface area contributed by atoms with Gasteiger partial charge in [0.25, 0.3) is 5.91 Å². The van der Waals surface area contributed by atoms with Crippen LogP contribution in [-0.4, -0.2) is 49.2 Å². The maximum absolute atomic E-state index is 11.8. The number of rotatable bonds is 8. The first-order valence-corrected chi connectivity index (χ1v) is 6.88. The number of carboxylic acids is 1. The molecule has 2 amide bonds. The van der Waals surface area contributed by atoms with Crippen LogP contribution in [-0.2, 0) is 14.3 Å². The first-order valence-electron chi connectivity index (χ1n) is 6.09. The predicted octanol–water partition coefficient (Wildman–Crippen LogP) is 0.396. The van der Waals surface area contributed by atoms with Gasteiger partial charge in [-0.15, -0.1) is 0 Å². The zero-order chi connectivity index (χ0) is 15.7. The summed E-state index contributed by atoms with van der Waals surface area (Å²) >= 11 is 3.25. The molecule has 0 radical (unpaired) electrons. The Morgan fingerprint density at radius 3 is 2.67 bits per heavy atom. The van der Waals surface area contributed by atoms with E-state index in [1.54, 1.807) is 24.3 Å². The van der Waals surface area contributed by atoms with Crippen LogP contribution < -0.4 is 10.6 Å². The van der Waals surface area contributed by atoms with E-state index < -0.39 is 12.6 Å². The van der Waals surface area contributed by atoms with Crippen LogP contribution in [0.1, 0.15) is 10.4 Å². The number of hydrogen-bond donors (Lipinski definition) is 3. The Morgan fingerprint density at radius 1 is 1.24 bits per heavy atom. The summed E-state index contributed by atoms with van der Waals surface area (Å²) in [7, 11) is 0. The van der Waals surface area contributed by atoms with Crippen molar-refractivity contribution in [2.45, 2.75) is 0 Å². The fourth-order valence-corrected chi connectivity index (χ4v) is 1.78. The highest BCUT2D eigenvalue weighted by Gasteiger charge is 2.08. The number of carbonyl (C=O) groups excluding carboxylic acids is 2. The van der Waals surface area contributed by atoms with Crippen LogP contribution in [0, 0.1) is 0 Å². The Labute approximate surface area is 129 Å². The first-order chi connectivity index (χ1) is 9.99. The third-order valence-corrected chi connectivity index (χ3v) is 2.78. The molecule has 114 valence electrons. The highest BCUT2D eigenvalue weighted by Crippen LogP contribution is 2.11. The Kier molecular flexibility index (Phi) is 7.41. The number of carboxylic acid groups (broad SMARTS) is 1. The molecule has 0 aromatic heterocycles. The molecule has 0 aliphatic carbocycles. The first kappa shape index (κ1) is 17.1. The zero-order valence-electron chi connectivity index (χ0n) is 11.1. The summed E-state index contributed by atoms with van der Waals surface area (Å²) in [4.78, 5) is 33.4. The van der Waals surface area contributed by atoms with Crippen molar-refractivity contribution in [2.24, 2.45) is 0 Å². The molecule has 1 rings (SSSR count). The summed E-state index contributed by atoms with van der Waals surface area (Å²) < 4.78 is 5.52. The summed E-state index contributed by atoms with van der Waals surface area (Å²) in [5, 5.41) is 13.3. The Hall–Kier alpha value is -1.93. The van der Waals surface area contributed by atoms with Crippen LogP contribution >= 0.6 is 15.9 Å². The number of benzene rings is 1. The molecule has 21 heavy (non-hydrogen) atoms. The standard InChI is InChI=1S/C13H15BrN2O5/c14-10-3-1-2-9(6-10)13(20)16-7-11(17)15-4-5-21-8-12(18)19/h1-3,6H,4-5,7-8H2,(H,15,17)(H,16,20)(H,18,19). The molecule has 0 atom stereocenters. The van der Waals surface area contributed by atoms with Crippen molar-refractivity contribution in [3.63, 3.8) is 0 Å². The molecular formula is C13H15BrN2O5. The fourth-order valence-electron chi connectivity index (χ4n) is 1.38. The number of carbonyl (C=O) groups is 3. The summed E-state index contributed by atoms with van der Waals surface area (Å²) in [5.74, 6) is -1.80. The minimum absolute atomic E-state index is 0.0949. The van der Waals surface area contributed by atoms with Crippen LogP contribution in [0.15, 0.2) is 28.7 Å². The Balaban J connectivity index is 2.21. The minimum Gasteiger partial charge on any atom is -0.480 e. The third-order valence-electron chi connectivity index (χ3n) is 2.29. The number of hydrogen-bond acceptors (Lipinski definition) is 4. The lowest BCUT2D eigenvalue weighted by molar-refractivity contribution is -0.142. The molecule has 0 saturated carbocycles. The number of nitrogens with one attached hydrogen (secondary N) is 2. The second-order valence-electron chi connectivity index (χ2n) is 3.99. The van der Waals surface area contributed by atoms with Crippen molar-refractivity contribution in [1.82, 2.24) is 10.6 Å². The van der Waals surface area contributed by atoms with Gasteiger partial charge in [-0.05, 0) is 18.2 Å². The van der Waals surface area contributed by atoms with Crippen molar-refractivity contribution in [1.29, 1.82) is 0 Å². The zero-order valence-corrected chi connectivity index (χ0v) is 12.7. The second kappa shape index (κ2) is 9.09. The van der Waals surface area contributed by atoms with Crippen molar-refractivity contribution in [2.75, 3.05) is 26.3 Å². The topological polar surface area (TPSA) is 105 Å².